The Morgan fingerprint density at radius 2 is 2.20 bits per heavy atom. The summed E-state index contributed by atoms with van der Waals surface area (Å²) in [6.45, 7) is 6.45. The monoisotopic (exact) mass is 137 g/mol. The fraction of sp³-hybridized carbons (Fsp3) is 0.667. The van der Waals surface area contributed by atoms with Crippen molar-refractivity contribution < 1.29 is 0 Å². The average molecular weight is 137 g/mol. The van der Waals surface area contributed by atoms with Crippen LogP contribution in [0.3, 0.4) is 0 Å². The first-order valence-corrected chi connectivity index (χ1v) is 3.94. The molecule has 0 saturated heterocycles. The largest absolute Gasteiger partial charge is 0.286 e. The molecule has 0 saturated carbocycles. The van der Waals surface area contributed by atoms with Gasteiger partial charge in [0.1, 0.15) is 0 Å². The van der Waals surface area contributed by atoms with Gasteiger partial charge in [0.25, 0.3) is 0 Å². The Morgan fingerprint density at radius 3 is 2.60 bits per heavy atom. The van der Waals surface area contributed by atoms with Gasteiger partial charge in [0, 0.05) is 11.8 Å². The Balaban J connectivity index is 2.65. The third-order valence-corrected chi connectivity index (χ3v) is 1.91. The quantitative estimate of drug-likeness (QED) is 0.526. The first-order valence-electron chi connectivity index (χ1n) is 3.94. The van der Waals surface area contributed by atoms with Crippen molar-refractivity contribution in [1.29, 1.82) is 0 Å². The highest BCUT2D eigenvalue weighted by Crippen LogP contribution is 2.19. The van der Waals surface area contributed by atoms with Gasteiger partial charge in [-0.2, -0.15) is 0 Å². The standard InChI is InChI=1S/C9H15N/c1-4-5-9-7(2)6-8(3)10-9/h4-5,7-8H,6H2,1-3H3/b5-4-. The molecule has 1 heteroatoms. The SMILES string of the molecule is C/C=C\C1=NC(C)CC1C. The van der Waals surface area contributed by atoms with Crippen LogP contribution < -0.4 is 0 Å². The lowest BCUT2D eigenvalue weighted by molar-refractivity contribution is 0.642. The second-order valence-corrected chi connectivity index (χ2v) is 3.04. The molecule has 1 aliphatic heterocycles. The number of rotatable bonds is 1. The molecule has 0 spiro atoms. The van der Waals surface area contributed by atoms with E-state index in [0.29, 0.717) is 12.0 Å². The molecule has 0 aromatic carbocycles. The highest BCUT2D eigenvalue weighted by molar-refractivity contribution is 5.97. The first-order chi connectivity index (χ1) is 4.74. The van der Waals surface area contributed by atoms with Gasteiger partial charge in [-0.1, -0.05) is 13.0 Å². The van der Waals surface area contributed by atoms with E-state index in [-0.39, 0.29) is 0 Å². The van der Waals surface area contributed by atoms with E-state index < -0.39 is 0 Å². The summed E-state index contributed by atoms with van der Waals surface area (Å²) < 4.78 is 0. The second kappa shape index (κ2) is 3.00. The number of hydrogen-bond donors (Lipinski definition) is 0. The van der Waals surface area contributed by atoms with E-state index in [1.165, 1.54) is 12.1 Å². The number of nitrogens with zero attached hydrogens (tertiary/aromatic N) is 1. The van der Waals surface area contributed by atoms with Gasteiger partial charge in [-0.3, -0.25) is 4.99 Å². The minimum atomic E-state index is 0.543. The number of hydrogen-bond acceptors (Lipinski definition) is 1. The molecule has 1 heterocycles. The fourth-order valence-electron chi connectivity index (χ4n) is 1.44. The third kappa shape index (κ3) is 1.47. The van der Waals surface area contributed by atoms with Crippen LogP contribution in [-0.4, -0.2) is 11.8 Å². The molecule has 56 valence electrons. The maximum absolute atomic E-state index is 4.49. The van der Waals surface area contributed by atoms with Crippen LogP contribution in [0.15, 0.2) is 17.1 Å². The van der Waals surface area contributed by atoms with E-state index in [9.17, 15) is 0 Å². The van der Waals surface area contributed by atoms with Crippen molar-refractivity contribution in [2.45, 2.75) is 33.2 Å². The van der Waals surface area contributed by atoms with Crippen molar-refractivity contribution in [2.24, 2.45) is 10.9 Å². The van der Waals surface area contributed by atoms with Gasteiger partial charge in [-0.05, 0) is 32.3 Å². The predicted molar refractivity (Wildman–Crippen MR) is 45.5 cm³/mol. The number of allylic oxidation sites excluding steroid dienone is 2. The van der Waals surface area contributed by atoms with E-state index in [1.54, 1.807) is 0 Å². The molecule has 2 atom stereocenters. The summed E-state index contributed by atoms with van der Waals surface area (Å²) in [7, 11) is 0. The van der Waals surface area contributed by atoms with Gasteiger partial charge < -0.3 is 0 Å². The molecule has 0 radical (unpaired) electrons. The summed E-state index contributed by atoms with van der Waals surface area (Å²) in [6.07, 6.45) is 5.40. The summed E-state index contributed by atoms with van der Waals surface area (Å²) in [5.74, 6) is 0.672. The molecule has 0 amide bonds. The minimum Gasteiger partial charge on any atom is -0.286 e. The summed E-state index contributed by atoms with van der Waals surface area (Å²) >= 11 is 0. The molecule has 1 aliphatic rings. The minimum absolute atomic E-state index is 0.543. The van der Waals surface area contributed by atoms with Crippen molar-refractivity contribution in [3.8, 4) is 0 Å². The van der Waals surface area contributed by atoms with Gasteiger partial charge >= 0.3 is 0 Å². The van der Waals surface area contributed by atoms with Gasteiger partial charge in [0.05, 0.1) is 0 Å². The zero-order valence-corrected chi connectivity index (χ0v) is 6.96. The predicted octanol–water partition coefficient (Wildman–Crippen LogP) is 2.43. The normalized spacial score (nSPS) is 33.3. The smallest absolute Gasteiger partial charge is 0.0481 e. The van der Waals surface area contributed by atoms with Crippen LogP contribution in [0.5, 0.6) is 0 Å². The van der Waals surface area contributed by atoms with Crippen LogP contribution in [0.2, 0.25) is 0 Å². The van der Waals surface area contributed by atoms with E-state index >= 15 is 0 Å². The molecular formula is C9H15N. The lowest BCUT2D eigenvalue weighted by Crippen LogP contribution is -2.01. The zero-order chi connectivity index (χ0) is 7.56. The number of aliphatic imine (C=N–C) groups is 1. The Bertz CT molecular complexity index is 168. The highest BCUT2D eigenvalue weighted by Gasteiger charge is 2.18. The summed E-state index contributed by atoms with van der Waals surface area (Å²) in [6, 6.07) is 0.543. The summed E-state index contributed by atoms with van der Waals surface area (Å²) in [4.78, 5) is 4.49. The Labute approximate surface area is 62.9 Å². The summed E-state index contributed by atoms with van der Waals surface area (Å²) in [5, 5.41) is 0. The average Bonchev–Trinajstić information content (AvgIpc) is 2.13. The molecule has 1 nitrogen and oxygen atoms in total. The maximum Gasteiger partial charge on any atom is 0.0481 e. The Morgan fingerprint density at radius 1 is 1.50 bits per heavy atom. The van der Waals surface area contributed by atoms with Gasteiger partial charge in [-0.15, -0.1) is 0 Å². The second-order valence-electron chi connectivity index (χ2n) is 3.04. The Hall–Kier alpha value is -0.590. The zero-order valence-electron chi connectivity index (χ0n) is 6.96. The van der Waals surface area contributed by atoms with Crippen LogP contribution in [0.1, 0.15) is 27.2 Å². The molecule has 1 rings (SSSR count). The molecule has 2 unspecified atom stereocenters. The molecule has 0 N–H and O–H groups in total. The molecule has 0 bridgehead atoms. The molecular weight excluding hydrogens is 122 g/mol. The van der Waals surface area contributed by atoms with Crippen LogP contribution in [-0.2, 0) is 0 Å². The molecule has 0 aromatic rings. The van der Waals surface area contributed by atoms with Crippen LogP contribution >= 0.6 is 0 Å². The fourth-order valence-corrected chi connectivity index (χ4v) is 1.44. The Kier molecular flexibility index (Phi) is 2.25. The van der Waals surface area contributed by atoms with Crippen LogP contribution in [0.25, 0.3) is 0 Å². The van der Waals surface area contributed by atoms with Crippen molar-refractivity contribution in [3.63, 3.8) is 0 Å². The van der Waals surface area contributed by atoms with Gasteiger partial charge in [-0.25, -0.2) is 0 Å². The van der Waals surface area contributed by atoms with Crippen LogP contribution in [0.4, 0.5) is 0 Å². The van der Waals surface area contributed by atoms with Crippen molar-refractivity contribution in [1.82, 2.24) is 0 Å². The molecule has 0 fully saturated rings. The lowest BCUT2D eigenvalue weighted by Gasteiger charge is -1.99. The molecule has 0 aliphatic carbocycles. The van der Waals surface area contributed by atoms with E-state index in [0.717, 1.165) is 0 Å². The van der Waals surface area contributed by atoms with Crippen molar-refractivity contribution >= 4 is 5.71 Å². The van der Waals surface area contributed by atoms with E-state index in [1.807, 2.05) is 6.92 Å². The first kappa shape index (κ1) is 7.52. The van der Waals surface area contributed by atoms with E-state index in [4.69, 9.17) is 0 Å². The van der Waals surface area contributed by atoms with Gasteiger partial charge in [0.15, 0.2) is 0 Å². The van der Waals surface area contributed by atoms with E-state index in [2.05, 4.69) is 31.0 Å². The molecule has 0 aromatic heterocycles. The summed E-state index contributed by atoms with van der Waals surface area (Å²) in [5.41, 5.74) is 1.27. The topological polar surface area (TPSA) is 12.4 Å². The maximum atomic E-state index is 4.49. The molecule has 10 heavy (non-hydrogen) atoms. The highest BCUT2D eigenvalue weighted by atomic mass is 14.8. The van der Waals surface area contributed by atoms with Crippen molar-refractivity contribution in [3.05, 3.63) is 12.2 Å². The van der Waals surface area contributed by atoms with Crippen LogP contribution in [0, 0.1) is 5.92 Å². The lowest BCUT2D eigenvalue weighted by atomic mass is 10.0. The van der Waals surface area contributed by atoms with Gasteiger partial charge in [0.2, 0.25) is 0 Å². The van der Waals surface area contributed by atoms with Crippen molar-refractivity contribution in [2.75, 3.05) is 0 Å². The third-order valence-electron chi connectivity index (χ3n) is 1.91.